The number of nitriles is 1. The van der Waals surface area contributed by atoms with Crippen LogP contribution in [-0.4, -0.2) is 17.1 Å². The Hall–Kier alpha value is -4.57. The molecule has 5 aromatic rings. The van der Waals surface area contributed by atoms with Gasteiger partial charge in [0, 0.05) is 26.4 Å². The summed E-state index contributed by atoms with van der Waals surface area (Å²) in [6.07, 6.45) is 5.80. The molecule has 0 fully saturated rings. The number of fused-ring (bicyclic) bond motifs is 1. The minimum absolute atomic E-state index is 0.347. The summed E-state index contributed by atoms with van der Waals surface area (Å²) in [6.45, 7) is 4.04. The van der Waals surface area contributed by atoms with Crippen molar-refractivity contribution in [1.29, 1.82) is 5.26 Å². The smallest absolute Gasteiger partial charge is 0.337 e. The summed E-state index contributed by atoms with van der Waals surface area (Å²) < 4.78 is 21.9. The van der Waals surface area contributed by atoms with Gasteiger partial charge in [-0.3, -0.25) is 3.97 Å². The fourth-order valence-corrected chi connectivity index (χ4v) is 6.95. The van der Waals surface area contributed by atoms with Crippen LogP contribution in [0.15, 0.2) is 95.9 Å². The standard InChI is InChI=1S/C37H28ClFN2O2S/c1-22-8-13-29(14-9-22)44-41-34-16-12-28(39)20-32(34)35(31-17-23(2)7-10-27(31)21-40)36(41)25-6-4-5-24(18-25)30-15-11-26(19-33(30)38)37(42)43-3/h6-20H,4-5H2,1-3H3. The van der Waals surface area contributed by atoms with Gasteiger partial charge < -0.3 is 4.74 Å². The van der Waals surface area contributed by atoms with E-state index in [1.54, 1.807) is 36.2 Å². The lowest BCUT2D eigenvalue weighted by atomic mass is 9.88. The van der Waals surface area contributed by atoms with Crippen LogP contribution in [0, 0.1) is 31.0 Å². The third kappa shape index (κ3) is 5.57. The fourth-order valence-electron chi connectivity index (χ4n) is 5.63. The van der Waals surface area contributed by atoms with Gasteiger partial charge in [-0.1, -0.05) is 59.1 Å². The number of hydrogen-bond acceptors (Lipinski definition) is 4. The second-order valence-electron chi connectivity index (χ2n) is 10.8. The number of methoxy groups -OCH3 is 1. The highest BCUT2D eigenvalue weighted by molar-refractivity contribution is 7.98. The van der Waals surface area contributed by atoms with Gasteiger partial charge >= 0.3 is 5.97 Å². The van der Waals surface area contributed by atoms with Gasteiger partial charge in [0.05, 0.1) is 35.5 Å². The molecule has 0 atom stereocenters. The van der Waals surface area contributed by atoms with Crippen LogP contribution < -0.4 is 0 Å². The normalized spacial score (nSPS) is 12.9. The van der Waals surface area contributed by atoms with Crippen LogP contribution in [0.4, 0.5) is 4.39 Å². The van der Waals surface area contributed by atoms with Gasteiger partial charge in [0.2, 0.25) is 0 Å². The molecule has 0 N–H and O–H groups in total. The third-order valence-corrected chi connectivity index (χ3v) is 9.14. The molecule has 6 rings (SSSR count). The number of aryl methyl sites for hydroxylation is 2. The Bertz CT molecular complexity index is 2050. The summed E-state index contributed by atoms with van der Waals surface area (Å²) in [7, 11) is 1.34. The van der Waals surface area contributed by atoms with E-state index in [1.165, 1.54) is 13.2 Å². The molecule has 4 aromatic carbocycles. The largest absolute Gasteiger partial charge is 0.465 e. The van der Waals surface area contributed by atoms with E-state index in [0.717, 1.165) is 73.3 Å². The molecule has 0 spiro atoms. The zero-order valence-corrected chi connectivity index (χ0v) is 26.0. The number of ether oxygens (including phenoxy) is 1. The van der Waals surface area contributed by atoms with Gasteiger partial charge in [0.25, 0.3) is 0 Å². The van der Waals surface area contributed by atoms with E-state index in [0.29, 0.717) is 16.1 Å². The monoisotopic (exact) mass is 618 g/mol. The van der Waals surface area contributed by atoms with Gasteiger partial charge in [-0.15, -0.1) is 0 Å². The summed E-state index contributed by atoms with van der Waals surface area (Å²) in [5.41, 5.74) is 9.12. The molecule has 4 nitrogen and oxygen atoms in total. The predicted octanol–water partition coefficient (Wildman–Crippen LogP) is 10.2. The van der Waals surface area contributed by atoms with Crippen molar-refractivity contribution in [3.8, 4) is 17.2 Å². The molecular formula is C37H28ClFN2O2S. The number of hydrogen-bond donors (Lipinski definition) is 0. The van der Waals surface area contributed by atoms with Crippen molar-refractivity contribution >= 4 is 51.6 Å². The van der Waals surface area contributed by atoms with Crippen LogP contribution in [0.2, 0.25) is 5.02 Å². The molecule has 0 aliphatic heterocycles. The van der Waals surface area contributed by atoms with Crippen molar-refractivity contribution in [2.24, 2.45) is 0 Å². The summed E-state index contributed by atoms with van der Waals surface area (Å²) in [5.74, 6) is -0.794. The minimum atomic E-state index is -0.447. The second kappa shape index (κ2) is 12.2. The quantitative estimate of drug-likeness (QED) is 0.178. The molecule has 218 valence electrons. The Kier molecular flexibility index (Phi) is 8.18. The number of benzene rings is 4. The highest BCUT2D eigenvalue weighted by atomic mass is 35.5. The topological polar surface area (TPSA) is 55.0 Å². The molecule has 0 bridgehead atoms. The molecule has 7 heteroatoms. The maximum atomic E-state index is 14.9. The van der Waals surface area contributed by atoms with Gasteiger partial charge in [-0.25, -0.2) is 9.18 Å². The van der Waals surface area contributed by atoms with Crippen LogP contribution in [-0.2, 0) is 4.74 Å². The second-order valence-corrected chi connectivity index (χ2v) is 12.2. The van der Waals surface area contributed by atoms with Crippen molar-refractivity contribution in [3.05, 3.63) is 135 Å². The minimum Gasteiger partial charge on any atom is -0.465 e. The Labute approximate surface area is 265 Å². The number of carbonyl (C=O) groups excluding carboxylic acids is 1. The number of carbonyl (C=O) groups is 1. The van der Waals surface area contributed by atoms with Gasteiger partial charge in [0.15, 0.2) is 0 Å². The highest BCUT2D eigenvalue weighted by Crippen LogP contribution is 2.46. The molecule has 1 heterocycles. The maximum absolute atomic E-state index is 14.9. The number of aromatic nitrogens is 1. The molecule has 0 amide bonds. The van der Waals surface area contributed by atoms with Crippen molar-refractivity contribution < 1.29 is 13.9 Å². The molecule has 0 saturated carbocycles. The Morgan fingerprint density at radius 3 is 2.48 bits per heavy atom. The Morgan fingerprint density at radius 2 is 1.75 bits per heavy atom. The average molecular weight is 619 g/mol. The molecule has 44 heavy (non-hydrogen) atoms. The molecule has 0 saturated heterocycles. The van der Waals surface area contributed by atoms with E-state index >= 15 is 0 Å². The summed E-state index contributed by atoms with van der Waals surface area (Å²) in [5, 5.41) is 11.3. The molecule has 0 unspecified atom stereocenters. The highest BCUT2D eigenvalue weighted by Gasteiger charge is 2.26. The number of allylic oxidation sites excluding steroid dienone is 4. The lowest BCUT2D eigenvalue weighted by molar-refractivity contribution is 0.0600. The van der Waals surface area contributed by atoms with Crippen LogP contribution >= 0.6 is 23.5 Å². The SMILES string of the molecule is COC(=O)c1ccc(C2=CC(c3c(-c4cc(C)ccc4C#N)c4cc(F)ccc4n3Sc3ccc(C)cc3)=CCC2)c(Cl)c1. The van der Waals surface area contributed by atoms with E-state index in [1.807, 2.05) is 31.2 Å². The first-order valence-corrected chi connectivity index (χ1v) is 15.3. The van der Waals surface area contributed by atoms with Gasteiger partial charge in [-0.2, -0.15) is 5.26 Å². The number of rotatable bonds is 6. The molecule has 0 radical (unpaired) electrons. The first kappa shape index (κ1) is 29.5. The van der Waals surface area contributed by atoms with E-state index in [2.05, 4.69) is 53.4 Å². The van der Waals surface area contributed by atoms with Crippen molar-refractivity contribution in [3.63, 3.8) is 0 Å². The van der Waals surface area contributed by atoms with Crippen LogP contribution in [0.5, 0.6) is 0 Å². The zero-order valence-electron chi connectivity index (χ0n) is 24.4. The number of nitrogens with zero attached hydrogens (tertiary/aromatic N) is 2. The molecule has 1 aromatic heterocycles. The Morgan fingerprint density at radius 1 is 0.977 bits per heavy atom. The summed E-state index contributed by atoms with van der Waals surface area (Å²) in [6, 6.07) is 26.4. The maximum Gasteiger partial charge on any atom is 0.337 e. The summed E-state index contributed by atoms with van der Waals surface area (Å²) >= 11 is 8.28. The van der Waals surface area contributed by atoms with E-state index in [4.69, 9.17) is 16.3 Å². The molecule has 1 aliphatic carbocycles. The lowest BCUT2D eigenvalue weighted by Gasteiger charge is -2.19. The van der Waals surface area contributed by atoms with E-state index in [-0.39, 0.29) is 5.82 Å². The van der Waals surface area contributed by atoms with Crippen LogP contribution in [0.3, 0.4) is 0 Å². The van der Waals surface area contributed by atoms with Crippen molar-refractivity contribution in [2.75, 3.05) is 7.11 Å². The van der Waals surface area contributed by atoms with Crippen molar-refractivity contribution in [2.45, 2.75) is 31.6 Å². The van der Waals surface area contributed by atoms with Crippen LogP contribution in [0.1, 0.15) is 51.1 Å². The van der Waals surface area contributed by atoms with E-state index in [9.17, 15) is 14.4 Å². The number of halogens is 2. The van der Waals surface area contributed by atoms with Crippen LogP contribution in [0.25, 0.3) is 33.2 Å². The lowest BCUT2D eigenvalue weighted by Crippen LogP contribution is -2.03. The predicted molar refractivity (Wildman–Crippen MR) is 177 cm³/mol. The average Bonchev–Trinajstić information content (AvgIpc) is 3.34. The first-order valence-electron chi connectivity index (χ1n) is 14.2. The Balaban J connectivity index is 1.62. The third-order valence-electron chi connectivity index (χ3n) is 7.79. The first-order chi connectivity index (χ1) is 21.3. The zero-order chi connectivity index (χ0) is 31.0. The van der Waals surface area contributed by atoms with Gasteiger partial charge in [0.1, 0.15) is 5.82 Å². The molecule has 1 aliphatic rings. The fraction of sp³-hybridized carbons (Fsp3) is 0.135. The molecular weight excluding hydrogens is 591 g/mol. The van der Waals surface area contributed by atoms with Crippen molar-refractivity contribution in [1.82, 2.24) is 3.97 Å². The summed E-state index contributed by atoms with van der Waals surface area (Å²) in [4.78, 5) is 13.1. The van der Waals surface area contributed by atoms with Gasteiger partial charge in [-0.05, 0) is 110 Å². The van der Waals surface area contributed by atoms with E-state index < -0.39 is 5.97 Å². The number of esters is 1.